The Kier molecular flexibility index (Phi) is 4.24. The molecule has 0 bridgehead atoms. The molecule has 2 rings (SSSR count). The normalized spacial score (nSPS) is 10.4. The Bertz CT molecular complexity index is 540. The van der Waals surface area contributed by atoms with Crippen molar-refractivity contribution in [1.82, 2.24) is 5.32 Å². The van der Waals surface area contributed by atoms with E-state index in [1.165, 1.54) is 5.56 Å². The van der Waals surface area contributed by atoms with Gasteiger partial charge in [0.1, 0.15) is 5.75 Å². The fourth-order valence-corrected chi connectivity index (χ4v) is 2.21. The molecule has 0 heterocycles. The number of methoxy groups -OCH3 is 1. The summed E-state index contributed by atoms with van der Waals surface area (Å²) in [6.45, 7) is 0.818. The van der Waals surface area contributed by atoms with Crippen molar-refractivity contribution in [1.29, 1.82) is 0 Å². The predicted molar refractivity (Wildman–Crippen MR) is 76.2 cm³/mol. The summed E-state index contributed by atoms with van der Waals surface area (Å²) in [7, 11) is 3.58. The monoisotopic (exact) mass is 261 g/mol. The Balaban J connectivity index is 2.38. The van der Waals surface area contributed by atoms with Gasteiger partial charge in [-0.15, -0.1) is 0 Å². The van der Waals surface area contributed by atoms with Crippen molar-refractivity contribution in [2.45, 2.75) is 6.54 Å². The van der Waals surface area contributed by atoms with Crippen molar-refractivity contribution in [3.05, 3.63) is 53.1 Å². The number of rotatable bonds is 4. The Morgan fingerprint density at radius 3 is 2.67 bits per heavy atom. The second-order valence-electron chi connectivity index (χ2n) is 4.08. The molecule has 0 saturated heterocycles. The Morgan fingerprint density at radius 1 is 1.17 bits per heavy atom. The zero-order chi connectivity index (χ0) is 13.0. The van der Waals surface area contributed by atoms with Crippen molar-refractivity contribution in [3.8, 4) is 16.9 Å². The molecule has 0 radical (unpaired) electrons. The molecule has 0 amide bonds. The summed E-state index contributed by atoms with van der Waals surface area (Å²) in [6, 6.07) is 14.0. The molecule has 2 aromatic rings. The molecule has 2 aromatic carbocycles. The van der Waals surface area contributed by atoms with Gasteiger partial charge in [0.25, 0.3) is 0 Å². The van der Waals surface area contributed by atoms with Crippen molar-refractivity contribution >= 4 is 11.6 Å². The van der Waals surface area contributed by atoms with Crippen LogP contribution in [-0.4, -0.2) is 14.2 Å². The average molecular weight is 262 g/mol. The molecule has 0 saturated carbocycles. The van der Waals surface area contributed by atoms with Crippen molar-refractivity contribution in [2.24, 2.45) is 0 Å². The van der Waals surface area contributed by atoms with Gasteiger partial charge in [-0.1, -0.05) is 35.9 Å². The van der Waals surface area contributed by atoms with Gasteiger partial charge >= 0.3 is 0 Å². The Morgan fingerprint density at radius 2 is 2.00 bits per heavy atom. The van der Waals surface area contributed by atoms with Crippen LogP contribution in [0.25, 0.3) is 11.1 Å². The maximum atomic E-state index is 6.33. The lowest BCUT2D eigenvalue weighted by molar-refractivity contribution is 0.415. The number of hydrogen-bond acceptors (Lipinski definition) is 2. The molecule has 0 unspecified atom stereocenters. The van der Waals surface area contributed by atoms with Crippen molar-refractivity contribution in [2.75, 3.05) is 14.2 Å². The second-order valence-corrected chi connectivity index (χ2v) is 4.48. The SMILES string of the molecule is CNCc1ccc(-c2cccc(OC)c2)c(Cl)c1. The van der Waals surface area contributed by atoms with Crippen LogP contribution < -0.4 is 10.1 Å². The van der Waals surface area contributed by atoms with Gasteiger partial charge in [-0.2, -0.15) is 0 Å². The first kappa shape index (κ1) is 12.9. The van der Waals surface area contributed by atoms with E-state index < -0.39 is 0 Å². The topological polar surface area (TPSA) is 21.3 Å². The van der Waals surface area contributed by atoms with Crippen LogP contribution in [0.4, 0.5) is 0 Å². The van der Waals surface area contributed by atoms with E-state index in [0.717, 1.165) is 28.4 Å². The molecular formula is C15H16ClNO. The third-order valence-corrected chi connectivity index (χ3v) is 3.11. The van der Waals surface area contributed by atoms with E-state index in [1.807, 2.05) is 43.4 Å². The van der Waals surface area contributed by atoms with Crippen LogP contribution in [-0.2, 0) is 6.54 Å². The lowest BCUT2D eigenvalue weighted by Gasteiger charge is -2.08. The number of benzene rings is 2. The number of nitrogens with one attached hydrogen (secondary N) is 1. The first-order valence-corrected chi connectivity index (χ1v) is 6.20. The van der Waals surface area contributed by atoms with Crippen LogP contribution in [0.1, 0.15) is 5.56 Å². The molecule has 2 nitrogen and oxygen atoms in total. The molecule has 18 heavy (non-hydrogen) atoms. The van der Waals surface area contributed by atoms with Crippen LogP contribution in [0.2, 0.25) is 5.02 Å². The fourth-order valence-electron chi connectivity index (χ4n) is 1.90. The molecule has 3 heteroatoms. The van der Waals surface area contributed by atoms with E-state index in [1.54, 1.807) is 7.11 Å². The molecule has 0 atom stereocenters. The van der Waals surface area contributed by atoms with Gasteiger partial charge in [-0.3, -0.25) is 0 Å². The predicted octanol–water partition coefficient (Wildman–Crippen LogP) is 3.74. The minimum Gasteiger partial charge on any atom is -0.497 e. The molecule has 0 fully saturated rings. The molecule has 0 aliphatic heterocycles. The van der Waals surface area contributed by atoms with Crippen LogP contribution in [0, 0.1) is 0 Å². The molecule has 1 N–H and O–H groups in total. The Labute approximate surface area is 113 Å². The quantitative estimate of drug-likeness (QED) is 0.905. The summed E-state index contributed by atoms with van der Waals surface area (Å²) < 4.78 is 5.23. The largest absolute Gasteiger partial charge is 0.497 e. The molecule has 94 valence electrons. The summed E-state index contributed by atoms with van der Waals surface area (Å²) >= 11 is 6.33. The lowest BCUT2D eigenvalue weighted by atomic mass is 10.0. The molecular weight excluding hydrogens is 246 g/mol. The molecule has 0 aromatic heterocycles. The van der Waals surface area contributed by atoms with Crippen molar-refractivity contribution < 1.29 is 4.74 Å². The van der Waals surface area contributed by atoms with Gasteiger partial charge in [0.15, 0.2) is 0 Å². The van der Waals surface area contributed by atoms with Gasteiger partial charge < -0.3 is 10.1 Å². The minimum atomic E-state index is 0.760. The van der Waals surface area contributed by atoms with Crippen LogP contribution in [0.5, 0.6) is 5.75 Å². The lowest BCUT2D eigenvalue weighted by Crippen LogP contribution is -2.04. The first-order chi connectivity index (χ1) is 8.74. The maximum absolute atomic E-state index is 6.33. The molecule has 0 spiro atoms. The smallest absolute Gasteiger partial charge is 0.119 e. The van der Waals surface area contributed by atoms with Gasteiger partial charge in [-0.25, -0.2) is 0 Å². The number of halogens is 1. The third kappa shape index (κ3) is 2.84. The van der Waals surface area contributed by atoms with Crippen LogP contribution in [0.3, 0.4) is 0 Å². The highest BCUT2D eigenvalue weighted by Crippen LogP contribution is 2.30. The van der Waals surface area contributed by atoms with E-state index in [2.05, 4.69) is 11.4 Å². The summed E-state index contributed by atoms with van der Waals surface area (Å²) in [6.07, 6.45) is 0. The van der Waals surface area contributed by atoms with E-state index in [0.29, 0.717) is 0 Å². The highest BCUT2D eigenvalue weighted by molar-refractivity contribution is 6.33. The summed E-state index contributed by atoms with van der Waals surface area (Å²) in [4.78, 5) is 0. The van der Waals surface area contributed by atoms with Gasteiger partial charge in [0.2, 0.25) is 0 Å². The van der Waals surface area contributed by atoms with Crippen LogP contribution in [0.15, 0.2) is 42.5 Å². The number of hydrogen-bond donors (Lipinski definition) is 1. The van der Waals surface area contributed by atoms with Crippen molar-refractivity contribution in [3.63, 3.8) is 0 Å². The highest BCUT2D eigenvalue weighted by atomic mass is 35.5. The standard InChI is InChI=1S/C15H16ClNO/c1-17-10-11-6-7-14(15(16)8-11)12-4-3-5-13(9-12)18-2/h3-9,17H,10H2,1-2H3. The van der Waals surface area contributed by atoms with Gasteiger partial charge in [-0.05, 0) is 36.4 Å². The van der Waals surface area contributed by atoms with E-state index in [9.17, 15) is 0 Å². The van der Waals surface area contributed by atoms with E-state index >= 15 is 0 Å². The molecule has 0 aliphatic rings. The summed E-state index contributed by atoms with van der Waals surface area (Å²) in [5.41, 5.74) is 3.26. The van der Waals surface area contributed by atoms with E-state index in [4.69, 9.17) is 16.3 Å². The number of ether oxygens (including phenoxy) is 1. The average Bonchev–Trinajstić information content (AvgIpc) is 2.39. The zero-order valence-electron chi connectivity index (χ0n) is 10.5. The van der Waals surface area contributed by atoms with Gasteiger partial charge in [0, 0.05) is 17.1 Å². The Hall–Kier alpha value is -1.51. The summed E-state index contributed by atoms with van der Waals surface area (Å²) in [5, 5.41) is 3.87. The first-order valence-electron chi connectivity index (χ1n) is 5.82. The fraction of sp³-hybridized carbons (Fsp3) is 0.200. The third-order valence-electron chi connectivity index (χ3n) is 2.80. The van der Waals surface area contributed by atoms with Gasteiger partial charge in [0.05, 0.1) is 7.11 Å². The maximum Gasteiger partial charge on any atom is 0.119 e. The minimum absolute atomic E-state index is 0.760. The molecule has 0 aliphatic carbocycles. The summed E-state index contributed by atoms with van der Waals surface area (Å²) in [5.74, 6) is 0.836. The second kappa shape index (κ2) is 5.89. The zero-order valence-corrected chi connectivity index (χ0v) is 11.3. The highest BCUT2D eigenvalue weighted by Gasteiger charge is 2.05. The van der Waals surface area contributed by atoms with Crippen LogP contribution >= 0.6 is 11.6 Å². The van der Waals surface area contributed by atoms with E-state index in [-0.39, 0.29) is 0 Å².